The summed E-state index contributed by atoms with van der Waals surface area (Å²) in [4.78, 5) is 38.4. The number of benzene rings is 1. The molecule has 0 radical (unpaired) electrons. The van der Waals surface area contributed by atoms with Crippen LogP contribution in [0.4, 0.5) is 10.5 Å². The first-order valence-electron chi connectivity index (χ1n) is 10.2. The van der Waals surface area contributed by atoms with Gasteiger partial charge in [0.05, 0.1) is 0 Å². The van der Waals surface area contributed by atoms with Gasteiger partial charge in [0.1, 0.15) is 16.7 Å². The predicted molar refractivity (Wildman–Crippen MR) is 117 cm³/mol. The molecule has 0 unspecified atom stereocenters. The number of hydrogen-bond acceptors (Lipinski definition) is 6. The minimum absolute atomic E-state index is 0.0433. The molecule has 164 valence electrons. The Hall–Kier alpha value is -3.03. The molecule has 2 amide bonds. The van der Waals surface area contributed by atoms with E-state index in [4.69, 9.17) is 9.15 Å². The number of anilines is 1. The molecule has 2 N–H and O–H groups in total. The van der Waals surface area contributed by atoms with E-state index in [1.165, 1.54) is 0 Å². The van der Waals surface area contributed by atoms with Crippen molar-refractivity contribution in [3.05, 3.63) is 40.2 Å². The van der Waals surface area contributed by atoms with Crippen LogP contribution in [0.2, 0.25) is 0 Å². The molecule has 2 rings (SSSR count). The third-order valence-electron chi connectivity index (χ3n) is 4.40. The van der Waals surface area contributed by atoms with E-state index in [0.717, 1.165) is 18.8 Å². The number of carbonyl (C=O) groups is 2. The van der Waals surface area contributed by atoms with Gasteiger partial charge in [0.15, 0.2) is 0 Å². The van der Waals surface area contributed by atoms with E-state index in [1.54, 1.807) is 26.8 Å². The maximum Gasteiger partial charge on any atom is 0.407 e. The number of nitrogens with one attached hydrogen (secondary N) is 2. The van der Waals surface area contributed by atoms with Crippen molar-refractivity contribution in [3.8, 4) is 0 Å². The average molecular weight is 418 g/mol. The van der Waals surface area contributed by atoms with Crippen molar-refractivity contribution in [2.45, 2.75) is 46.6 Å². The first-order valence-corrected chi connectivity index (χ1v) is 10.2. The minimum atomic E-state index is -0.677. The lowest BCUT2D eigenvalue weighted by atomic mass is 10.1. The van der Waals surface area contributed by atoms with Gasteiger partial charge in [-0.05, 0) is 59.2 Å². The molecule has 0 saturated carbocycles. The zero-order valence-corrected chi connectivity index (χ0v) is 18.3. The lowest BCUT2D eigenvalue weighted by Crippen LogP contribution is -2.35. The van der Waals surface area contributed by atoms with Crippen LogP contribution in [-0.2, 0) is 4.74 Å². The quantitative estimate of drug-likeness (QED) is 0.505. The van der Waals surface area contributed by atoms with Gasteiger partial charge in [-0.2, -0.15) is 0 Å². The fourth-order valence-electron chi connectivity index (χ4n) is 2.93. The zero-order chi connectivity index (χ0) is 22.3. The third kappa shape index (κ3) is 6.50. The standard InChI is InChI=1S/C22H31N3O5/c1-6-25(7-2)16-10-9-15-13-17(20(27)29-18(15)14-16)19(26)23-11-8-12-24-21(28)30-22(3,4)5/h9-10,13-14H,6-8,11-12H2,1-5H3,(H,23,26)(H,24,28). The van der Waals surface area contributed by atoms with Crippen LogP contribution < -0.4 is 21.2 Å². The van der Waals surface area contributed by atoms with E-state index in [9.17, 15) is 14.4 Å². The summed E-state index contributed by atoms with van der Waals surface area (Å²) in [6, 6.07) is 7.14. The molecule has 0 bridgehead atoms. The Labute approximate surface area is 176 Å². The van der Waals surface area contributed by atoms with Crippen LogP contribution in [0, 0.1) is 0 Å². The van der Waals surface area contributed by atoms with Crippen LogP contribution in [0.3, 0.4) is 0 Å². The third-order valence-corrected chi connectivity index (χ3v) is 4.40. The maximum atomic E-state index is 12.4. The van der Waals surface area contributed by atoms with Crippen molar-refractivity contribution in [2.24, 2.45) is 0 Å². The van der Waals surface area contributed by atoms with Gasteiger partial charge in [0, 0.05) is 43.3 Å². The van der Waals surface area contributed by atoms with E-state index >= 15 is 0 Å². The Morgan fingerprint density at radius 1 is 1.07 bits per heavy atom. The van der Waals surface area contributed by atoms with E-state index in [1.807, 2.05) is 18.2 Å². The predicted octanol–water partition coefficient (Wildman–Crippen LogP) is 3.28. The Balaban J connectivity index is 1.95. The summed E-state index contributed by atoms with van der Waals surface area (Å²) in [5.41, 5.74) is 0.128. The Bertz CT molecular complexity index is 942. The minimum Gasteiger partial charge on any atom is -0.444 e. The fourth-order valence-corrected chi connectivity index (χ4v) is 2.93. The van der Waals surface area contributed by atoms with Gasteiger partial charge < -0.3 is 24.7 Å². The van der Waals surface area contributed by atoms with Crippen LogP contribution >= 0.6 is 0 Å². The van der Waals surface area contributed by atoms with Gasteiger partial charge >= 0.3 is 11.7 Å². The SMILES string of the molecule is CCN(CC)c1ccc2cc(C(=O)NCCCNC(=O)OC(C)(C)C)c(=O)oc2c1. The number of hydrogen-bond donors (Lipinski definition) is 2. The molecule has 0 atom stereocenters. The molecule has 0 saturated heterocycles. The van der Waals surface area contributed by atoms with Crippen molar-refractivity contribution < 1.29 is 18.7 Å². The molecule has 0 aliphatic heterocycles. The van der Waals surface area contributed by atoms with Gasteiger partial charge in [0.2, 0.25) is 0 Å². The van der Waals surface area contributed by atoms with Gasteiger partial charge in [-0.1, -0.05) is 0 Å². The smallest absolute Gasteiger partial charge is 0.407 e. The van der Waals surface area contributed by atoms with Gasteiger partial charge in [-0.3, -0.25) is 4.79 Å². The van der Waals surface area contributed by atoms with Crippen molar-refractivity contribution >= 4 is 28.7 Å². The molecule has 1 heterocycles. The summed E-state index contributed by atoms with van der Waals surface area (Å²) in [6.07, 6.45) is -0.00926. The summed E-state index contributed by atoms with van der Waals surface area (Å²) in [5, 5.41) is 5.97. The molecule has 1 aromatic heterocycles. The highest BCUT2D eigenvalue weighted by molar-refractivity contribution is 5.97. The molecule has 0 aliphatic rings. The maximum absolute atomic E-state index is 12.4. The normalized spacial score (nSPS) is 11.2. The number of carbonyl (C=O) groups excluding carboxylic acids is 2. The molecule has 8 heteroatoms. The van der Waals surface area contributed by atoms with Crippen molar-refractivity contribution in [1.29, 1.82) is 0 Å². The number of nitrogens with zero attached hydrogens (tertiary/aromatic N) is 1. The van der Waals surface area contributed by atoms with Crippen molar-refractivity contribution in [2.75, 3.05) is 31.1 Å². The first-order chi connectivity index (χ1) is 14.1. The topological polar surface area (TPSA) is 101 Å². The summed E-state index contributed by atoms with van der Waals surface area (Å²) in [7, 11) is 0. The Morgan fingerprint density at radius 3 is 2.37 bits per heavy atom. The molecule has 0 fully saturated rings. The van der Waals surface area contributed by atoms with Crippen LogP contribution in [0.5, 0.6) is 0 Å². The largest absolute Gasteiger partial charge is 0.444 e. The second kappa shape index (κ2) is 10.1. The van der Waals surface area contributed by atoms with E-state index in [0.29, 0.717) is 30.5 Å². The molecule has 0 aliphatic carbocycles. The highest BCUT2D eigenvalue weighted by Crippen LogP contribution is 2.22. The van der Waals surface area contributed by atoms with Gasteiger partial charge in [-0.25, -0.2) is 9.59 Å². The summed E-state index contributed by atoms with van der Waals surface area (Å²) in [5.74, 6) is -0.504. The number of rotatable bonds is 8. The number of amides is 2. The lowest BCUT2D eigenvalue weighted by Gasteiger charge is -2.21. The molecule has 1 aromatic carbocycles. The average Bonchev–Trinajstić information content (AvgIpc) is 2.66. The molecular formula is C22H31N3O5. The summed E-state index contributed by atoms with van der Waals surface area (Å²) in [6.45, 7) is 11.8. The molecule has 8 nitrogen and oxygen atoms in total. The number of fused-ring (bicyclic) bond motifs is 1. The van der Waals surface area contributed by atoms with Crippen molar-refractivity contribution in [3.63, 3.8) is 0 Å². The van der Waals surface area contributed by atoms with Gasteiger partial charge in [0.25, 0.3) is 5.91 Å². The fraction of sp³-hybridized carbons (Fsp3) is 0.500. The highest BCUT2D eigenvalue weighted by atomic mass is 16.6. The molecule has 0 spiro atoms. The Morgan fingerprint density at radius 2 is 1.73 bits per heavy atom. The monoisotopic (exact) mass is 417 g/mol. The van der Waals surface area contributed by atoms with Crippen LogP contribution in [0.1, 0.15) is 51.4 Å². The Kier molecular flexibility index (Phi) is 7.86. The second-order valence-corrected chi connectivity index (χ2v) is 7.88. The summed E-state index contributed by atoms with van der Waals surface area (Å²) < 4.78 is 10.5. The zero-order valence-electron chi connectivity index (χ0n) is 18.3. The van der Waals surface area contributed by atoms with Crippen LogP contribution in [0.15, 0.2) is 33.5 Å². The van der Waals surface area contributed by atoms with E-state index in [2.05, 4.69) is 29.4 Å². The molecular weight excluding hydrogens is 386 g/mol. The number of alkyl carbamates (subject to hydrolysis) is 1. The molecule has 2 aromatic rings. The van der Waals surface area contributed by atoms with Crippen LogP contribution in [0.25, 0.3) is 11.0 Å². The second-order valence-electron chi connectivity index (χ2n) is 7.88. The number of ether oxygens (including phenoxy) is 1. The summed E-state index contributed by atoms with van der Waals surface area (Å²) >= 11 is 0. The van der Waals surface area contributed by atoms with E-state index in [-0.39, 0.29) is 5.56 Å². The van der Waals surface area contributed by atoms with Crippen LogP contribution in [-0.4, -0.2) is 43.8 Å². The molecule has 30 heavy (non-hydrogen) atoms. The lowest BCUT2D eigenvalue weighted by molar-refractivity contribution is 0.0527. The highest BCUT2D eigenvalue weighted by Gasteiger charge is 2.16. The van der Waals surface area contributed by atoms with E-state index < -0.39 is 23.2 Å². The van der Waals surface area contributed by atoms with Gasteiger partial charge in [-0.15, -0.1) is 0 Å². The first kappa shape index (κ1) is 23.3. The van der Waals surface area contributed by atoms with Crippen molar-refractivity contribution in [1.82, 2.24) is 10.6 Å².